The fraction of sp³-hybridized carbons (Fsp3) is 0.455. The lowest BCUT2D eigenvalue weighted by atomic mass is 9.99. The van der Waals surface area contributed by atoms with Gasteiger partial charge in [-0.1, -0.05) is 31.9 Å². The van der Waals surface area contributed by atoms with Gasteiger partial charge in [-0.3, -0.25) is 9.78 Å². The lowest BCUT2D eigenvalue weighted by Crippen LogP contribution is -2.45. The molecule has 0 aromatic carbocycles. The van der Waals surface area contributed by atoms with Crippen molar-refractivity contribution in [3.05, 3.63) is 23.2 Å². The van der Waals surface area contributed by atoms with Crippen LogP contribution in [-0.4, -0.2) is 33.0 Å². The molecule has 1 unspecified atom stereocenters. The van der Waals surface area contributed by atoms with Crippen molar-refractivity contribution in [1.82, 2.24) is 15.3 Å². The van der Waals surface area contributed by atoms with Gasteiger partial charge in [-0.15, -0.1) is 0 Å². The number of carbonyl (C=O) groups is 2. The molecule has 6 nitrogen and oxygen atoms in total. The fourth-order valence-corrected chi connectivity index (χ4v) is 1.50. The third-order valence-electron chi connectivity index (χ3n) is 2.60. The average Bonchev–Trinajstić information content (AvgIpc) is 2.34. The van der Waals surface area contributed by atoms with Gasteiger partial charge in [0.1, 0.15) is 16.9 Å². The van der Waals surface area contributed by atoms with E-state index < -0.39 is 17.9 Å². The van der Waals surface area contributed by atoms with Gasteiger partial charge in [0, 0.05) is 0 Å². The standard InChI is InChI=1S/C11H14ClN3O3/c1-3-6(2)9(11(17)18)15-10(16)7-4-13-5-8(12)14-7/h4-6,9H,3H2,1-2H3,(H,15,16)(H,17,18)/t6?,9-/m0/s1. The smallest absolute Gasteiger partial charge is 0.326 e. The van der Waals surface area contributed by atoms with Gasteiger partial charge in [0.2, 0.25) is 0 Å². The van der Waals surface area contributed by atoms with E-state index in [9.17, 15) is 9.59 Å². The van der Waals surface area contributed by atoms with Gasteiger partial charge in [0.05, 0.1) is 12.4 Å². The van der Waals surface area contributed by atoms with E-state index >= 15 is 0 Å². The van der Waals surface area contributed by atoms with Crippen LogP contribution in [0.5, 0.6) is 0 Å². The maximum Gasteiger partial charge on any atom is 0.326 e. The number of amides is 1. The number of hydrogen-bond acceptors (Lipinski definition) is 4. The normalized spacial score (nSPS) is 13.7. The lowest BCUT2D eigenvalue weighted by molar-refractivity contribution is -0.140. The first-order chi connectivity index (χ1) is 8.45. The van der Waals surface area contributed by atoms with Crippen molar-refractivity contribution >= 4 is 23.5 Å². The first-order valence-corrected chi connectivity index (χ1v) is 5.84. The zero-order valence-electron chi connectivity index (χ0n) is 10.1. The molecule has 0 fully saturated rings. The van der Waals surface area contributed by atoms with E-state index in [-0.39, 0.29) is 16.8 Å². The van der Waals surface area contributed by atoms with Crippen LogP contribution in [0.4, 0.5) is 0 Å². The number of aromatic nitrogens is 2. The molecule has 2 N–H and O–H groups in total. The van der Waals surface area contributed by atoms with Gasteiger partial charge in [-0.25, -0.2) is 9.78 Å². The number of nitrogens with one attached hydrogen (secondary N) is 1. The molecule has 0 radical (unpaired) electrons. The average molecular weight is 272 g/mol. The van der Waals surface area contributed by atoms with E-state index in [0.29, 0.717) is 6.42 Å². The minimum Gasteiger partial charge on any atom is -0.480 e. The summed E-state index contributed by atoms with van der Waals surface area (Å²) >= 11 is 5.61. The summed E-state index contributed by atoms with van der Waals surface area (Å²) in [6.45, 7) is 3.61. The third kappa shape index (κ3) is 3.66. The molecule has 0 aliphatic rings. The van der Waals surface area contributed by atoms with Gasteiger partial charge in [-0.05, 0) is 5.92 Å². The summed E-state index contributed by atoms with van der Waals surface area (Å²) < 4.78 is 0. The highest BCUT2D eigenvalue weighted by Gasteiger charge is 2.26. The molecule has 0 saturated carbocycles. The molecule has 0 aliphatic carbocycles. The monoisotopic (exact) mass is 271 g/mol. The fourth-order valence-electron chi connectivity index (χ4n) is 1.35. The molecule has 7 heteroatoms. The Labute approximate surface area is 109 Å². The first-order valence-electron chi connectivity index (χ1n) is 5.47. The summed E-state index contributed by atoms with van der Waals surface area (Å²) in [7, 11) is 0. The number of nitrogens with zero attached hydrogens (tertiary/aromatic N) is 2. The van der Waals surface area contributed by atoms with E-state index in [0.717, 1.165) is 0 Å². The topological polar surface area (TPSA) is 92.2 Å². The van der Waals surface area contributed by atoms with Crippen molar-refractivity contribution < 1.29 is 14.7 Å². The second-order valence-corrected chi connectivity index (χ2v) is 4.29. The number of hydrogen-bond donors (Lipinski definition) is 2. The number of rotatable bonds is 5. The van der Waals surface area contributed by atoms with Gasteiger partial charge in [-0.2, -0.15) is 0 Å². The largest absolute Gasteiger partial charge is 0.480 e. The summed E-state index contributed by atoms with van der Waals surface area (Å²) in [6, 6.07) is -0.955. The maximum absolute atomic E-state index is 11.8. The zero-order chi connectivity index (χ0) is 13.7. The predicted octanol–water partition coefficient (Wildman–Crippen LogP) is 1.36. The van der Waals surface area contributed by atoms with Gasteiger partial charge in [0.15, 0.2) is 0 Å². The quantitative estimate of drug-likeness (QED) is 0.843. The lowest BCUT2D eigenvalue weighted by Gasteiger charge is -2.19. The van der Waals surface area contributed by atoms with Crippen LogP contribution in [0.3, 0.4) is 0 Å². The first kappa shape index (κ1) is 14.4. The molecule has 1 rings (SSSR count). The number of carboxylic acid groups (broad SMARTS) is 1. The predicted molar refractivity (Wildman–Crippen MR) is 65.4 cm³/mol. The molecule has 1 aromatic rings. The summed E-state index contributed by atoms with van der Waals surface area (Å²) in [5.74, 6) is -1.86. The number of carbonyl (C=O) groups excluding carboxylic acids is 1. The van der Waals surface area contributed by atoms with Gasteiger partial charge >= 0.3 is 5.97 Å². The minimum atomic E-state index is -1.08. The minimum absolute atomic E-state index is 0.00273. The molecular formula is C11H14ClN3O3. The maximum atomic E-state index is 11.8. The molecule has 0 spiro atoms. The molecule has 1 amide bonds. The Balaban J connectivity index is 2.82. The van der Waals surface area contributed by atoms with E-state index in [2.05, 4.69) is 15.3 Å². The second-order valence-electron chi connectivity index (χ2n) is 3.90. The SMILES string of the molecule is CCC(C)[C@H](NC(=O)c1cncc(Cl)n1)C(=O)O. The van der Waals surface area contributed by atoms with Crippen LogP contribution in [0, 0.1) is 5.92 Å². The van der Waals surface area contributed by atoms with Crippen molar-refractivity contribution in [2.45, 2.75) is 26.3 Å². The zero-order valence-corrected chi connectivity index (χ0v) is 10.8. The van der Waals surface area contributed by atoms with Crippen LogP contribution in [0.2, 0.25) is 5.15 Å². The van der Waals surface area contributed by atoms with Crippen molar-refractivity contribution in [3.8, 4) is 0 Å². The molecule has 1 aromatic heterocycles. The van der Waals surface area contributed by atoms with Gasteiger partial charge in [0.25, 0.3) is 5.91 Å². The Kier molecular flexibility index (Phi) is 5.03. The highest BCUT2D eigenvalue weighted by atomic mass is 35.5. The van der Waals surface area contributed by atoms with Crippen molar-refractivity contribution in [3.63, 3.8) is 0 Å². The summed E-state index contributed by atoms with van der Waals surface area (Å²) in [6.07, 6.45) is 3.16. The summed E-state index contributed by atoms with van der Waals surface area (Å²) in [4.78, 5) is 30.3. The van der Waals surface area contributed by atoms with Crippen LogP contribution in [0.1, 0.15) is 30.8 Å². The molecule has 1 heterocycles. The molecule has 0 saturated heterocycles. The van der Waals surface area contributed by atoms with Crippen LogP contribution in [0.25, 0.3) is 0 Å². The number of carboxylic acids is 1. The highest BCUT2D eigenvalue weighted by Crippen LogP contribution is 2.09. The van der Waals surface area contributed by atoms with E-state index in [4.69, 9.17) is 16.7 Å². The number of aliphatic carboxylic acids is 1. The summed E-state index contributed by atoms with van der Waals surface area (Å²) in [5, 5.41) is 11.5. The van der Waals surface area contributed by atoms with Crippen molar-refractivity contribution in [1.29, 1.82) is 0 Å². The van der Waals surface area contributed by atoms with E-state index in [1.54, 1.807) is 6.92 Å². The molecular weight excluding hydrogens is 258 g/mol. The Bertz CT molecular complexity index is 453. The van der Waals surface area contributed by atoms with Gasteiger partial charge < -0.3 is 10.4 Å². The summed E-state index contributed by atoms with van der Waals surface area (Å²) in [5.41, 5.74) is -0.00273. The van der Waals surface area contributed by atoms with Crippen LogP contribution in [0.15, 0.2) is 12.4 Å². The second kappa shape index (κ2) is 6.30. The van der Waals surface area contributed by atoms with E-state index in [1.807, 2.05) is 6.92 Å². The Morgan fingerprint density at radius 2 is 2.17 bits per heavy atom. The van der Waals surface area contributed by atoms with Crippen LogP contribution < -0.4 is 5.32 Å². The molecule has 0 bridgehead atoms. The third-order valence-corrected chi connectivity index (χ3v) is 2.79. The molecule has 98 valence electrons. The van der Waals surface area contributed by atoms with Crippen molar-refractivity contribution in [2.24, 2.45) is 5.92 Å². The van der Waals surface area contributed by atoms with E-state index in [1.165, 1.54) is 12.4 Å². The Morgan fingerprint density at radius 1 is 1.50 bits per heavy atom. The van der Waals surface area contributed by atoms with Crippen LogP contribution >= 0.6 is 11.6 Å². The molecule has 0 aliphatic heterocycles. The highest BCUT2D eigenvalue weighted by molar-refractivity contribution is 6.29. The Hall–Kier alpha value is -1.69. The number of halogens is 1. The Morgan fingerprint density at radius 3 is 2.67 bits per heavy atom. The van der Waals surface area contributed by atoms with Crippen molar-refractivity contribution in [2.75, 3.05) is 0 Å². The molecule has 18 heavy (non-hydrogen) atoms. The van der Waals surface area contributed by atoms with Crippen LogP contribution in [-0.2, 0) is 4.79 Å². The molecule has 2 atom stereocenters.